The Balaban J connectivity index is 2.11. The highest BCUT2D eigenvalue weighted by molar-refractivity contribution is 6.33. The molecule has 0 saturated carbocycles. The fraction of sp³-hybridized carbons (Fsp3) is 0.176. The van der Waals surface area contributed by atoms with Gasteiger partial charge in [-0.1, -0.05) is 30.7 Å². The van der Waals surface area contributed by atoms with Crippen LogP contribution in [0.3, 0.4) is 0 Å². The predicted octanol–water partition coefficient (Wildman–Crippen LogP) is 3.80. The quantitative estimate of drug-likeness (QED) is 0.461. The molecule has 1 N–H and O–H groups in total. The molecule has 0 aliphatic rings. The number of hydrogen-bond acceptors (Lipinski definition) is 5. The topological polar surface area (TPSA) is 93.8 Å². The van der Waals surface area contributed by atoms with E-state index in [1.807, 2.05) is 6.92 Å². The van der Waals surface area contributed by atoms with Gasteiger partial charge in [0, 0.05) is 22.7 Å². The summed E-state index contributed by atoms with van der Waals surface area (Å²) in [5, 5.41) is 14.9. The number of carbonyl (C=O) groups is 1. The second-order valence-electron chi connectivity index (χ2n) is 5.01. The summed E-state index contributed by atoms with van der Waals surface area (Å²) >= 11 is 5.97. The Labute approximate surface area is 149 Å². The number of rotatable bonds is 7. The number of benzene rings is 2. The van der Waals surface area contributed by atoms with Crippen LogP contribution in [0.5, 0.6) is 5.75 Å². The van der Waals surface area contributed by atoms with Gasteiger partial charge < -0.3 is 4.74 Å². The smallest absolute Gasteiger partial charge is 0.275 e. The molecule has 1 amide bonds. The van der Waals surface area contributed by atoms with E-state index in [9.17, 15) is 14.9 Å². The van der Waals surface area contributed by atoms with Gasteiger partial charge in [-0.25, -0.2) is 5.43 Å². The first-order chi connectivity index (χ1) is 12.0. The first-order valence-corrected chi connectivity index (χ1v) is 7.90. The average molecular weight is 362 g/mol. The molecule has 0 atom stereocenters. The van der Waals surface area contributed by atoms with Gasteiger partial charge in [-0.2, -0.15) is 5.10 Å². The van der Waals surface area contributed by atoms with E-state index in [2.05, 4.69) is 10.5 Å². The summed E-state index contributed by atoms with van der Waals surface area (Å²) in [7, 11) is 0. The summed E-state index contributed by atoms with van der Waals surface area (Å²) in [5.74, 6) is 0.00920. The lowest BCUT2D eigenvalue weighted by molar-refractivity contribution is -0.384. The maximum Gasteiger partial charge on any atom is 0.275 e. The number of non-ortho nitro benzene ring substituents is 1. The fourth-order valence-electron chi connectivity index (χ4n) is 1.96. The Hall–Kier alpha value is -2.93. The zero-order chi connectivity index (χ0) is 18.2. The summed E-state index contributed by atoms with van der Waals surface area (Å²) < 4.78 is 5.52. The molecule has 2 rings (SSSR count). The van der Waals surface area contributed by atoms with E-state index < -0.39 is 10.8 Å². The molecular weight excluding hydrogens is 346 g/mol. The normalized spacial score (nSPS) is 10.6. The predicted molar refractivity (Wildman–Crippen MR) is 95.4 cm³/mol. The Morgan fingerprint density at radius 1 is 1.36 bits per heavy atom. The zero-order valence-electron chi connectivity index (χ0n) is 13.4. The molecule has 0 aromatic heterocycles. The van der Waals surface area contributed by atoms with E-state index in [4.69, 9.17) is 16.3 Å². The van der Waals surface area contributed by atoms with Crippen LogP contribution in [0, 0.1) is 10.1 Å². The second kappa shape index (κ2) is 8.79. The maximum absolute atomic E-state index is 12.2. The van der Waals surface area contributed by atoms with Crippen molar-refractivity contribution >= 4 is 29.4 Å². The lowest BCUT2D eigenvalue weighted by atomic mass is 10.2. The van der Waals surface area contributed by atoms with E-state index in [0.29, 0.717) is 23.5 Å². The molecular formula is C17H16ClN3O4. The minimum Gasteiger partial charge on any atom is -0.493 e. The van der Waals surface area contributed by atoms with Crippen molar-refractivity contribution in [2.24, 2.45) is 5.10 Å². The lowest BCUT2D eigenvalue weighted by Crippen LogP contribution is -2.18. The number of nitro benzene ring substituents is 1. The molecule has 8 heteroatoms. The molecule has 0 bridgehead atoms. The van der Waals surface area contributed by atoms with Gasteiger partial charge in [-0.3, -0.25) is 14.9 Å². The third-order valence-corrected chi connectivity index (χ3v) is 3.50. The fourth-order valence-corrected chi connectivity index (χ4v) is 2.12. The van der Waals surface area contributed by atoms with Crippen LogP contribution in [-0.2, 0) is 0 Å². The van der Waals surface area contributed by atoms with Gasteiger partial charge in [0.05, 0.1) is 23.3 Å². The number of nitrogens with zero attached hydrogens (tertiary/aromatic N) is 2. The van der Waals surface area contributed by atoms with E-state index >= 15 is 0 Å². The van der Waals surface area contributed by atoms with E-state index in [1.54, 1.807) is 24.3 Å². The number of halogens is 1. The standard InChI is InChI=1S/C17H16ClN3O4/c1-2-9-25-16-6-4-3-5-14(16)17(22)20-19-11-12-10-13(21(23)24)7-8-15(12)18/h3-8,10-11H,2,9H2,1H3,(H,20,22)/b19-11+. The highest BCUT2D eigenvalue weighted by atomic mass is 35.5. The monoisotopic (exact) mass is 361 g/mol. The van der Waals surface area contributed by atoms with Crippen LogP contribution in [0.15, 0.2) is 47.6 Å². The zero-order valence-corrected chi connectivity index (χ0v) is 14.2. The van der Waals surface area contributed by atoms with Gasteiger partial charge in [-0.05, 0) is 24.6 Å². The molecule has 7 nitrogen and oxygen atoms in total. The van der Waals surface area contributed by atoms with Crippen LogP contribution < -0.4 is 10.2 Å². The number of amides is 1. The van der Waals surface area contributed by atoms with Gasteiger partial charge in [-0.15, -0.1) is 0 Å². The summed E-state index contributed by atoms with van der Waals surface area (Å²) in [6.07, 6.45) is 2.07. The highest BCUT2D eigenvalue weighted by Gasteiger charge is 2.12. The van der Waals surface area contributed by atoms with Crippen molar-refractivity contribution in [2.45, 2.75) is 13.3 Å². The molecule has 0 radical (unpaired) electrons. The van der Waals surface area contributed by atoms with Crippen LogP contribution >= 0.6 is 11.6 Å². The van der Waals surface area contributed by atoms with E-state index in [-0.39, 0.29) is 10.7 Å². The SMILES string of the molecule is CCCOc1ccccc1C(=O)N/N=C/c1cc([N+](=O)[O-])ccc1Cl. The molecule has 2 aromatic carbocycles. The van der Waals surface area contributed by atoms with Gasteiger partial charge in [0.15, 0.2) is 0 Å². The number of para-hydroxylation sites is 1. The van der Waals surface area contributed by atoms with Gasteiger partial charge in [0.25, 0.3) is 11.6 Å². The van der Waals surface area contributed by atoms with Gasteiger partial charge >= 0.3 is 0 Å². The summed E-state index contributed by atoms with van der Waals surface area (Å²) in [5.41, 5.74) is 2.92. The van der Waals surface area contributed by atoms with Crippen molar-refractivity contribution < 1.29 is 14.5 Å². The van der Waals surface area contributed by atoms with E-state index in [1.165, 1.54) is 24.4 Å². The molecule has 0 heterocycles. The molecule has 25 heavy (non-hydrogen) atoms. The van der Waals surface area contributed by atoms with Crippen molar-refractivity contribution in [3.8, 4) is 5.75 Å². The highest BCUT2D eigenvalue weighted by Crippen LogP contribution is 2.21. The number of ether oxygens (including phenoxy) is 1. The largest absolute Gasteiger partial charge is 0.493 e. The summed E-state index contributed by atoms with van der Waals surface area (Å²) in [6, 6.07) is 10.8. The molecule has 130 valence electrons. The minimum atomic E-state index is -0.534. The molecule has 0 unspecified atom stereocenters. The third-order valence-electron chi connectivity index (χ3n) is 3.15. The van der Waals surface area contributed by atoms with Crippen molar-refractivity contribution in [1.82, 2.24) is 5.43 Å². The number of hydrogen-bond donors (Lipinski definition) is 1. The molecule has 0 aliphatic heterocycles. The van der Waals surface area contributed by atoms with Gasteiger partial charge in [0.2, 0.25) is 0 Å². The van der Waals surface area contributed by atoms with Crippen LogP contribution in [0.25, 0.3) is 0 Å². The maximum atomic E-state index is 12.2. The summed E-state index contributed by atoms with van der Waals surface area (Å²) in [4.78, 5) is 22.5. The van der Waals surface area contributed by atoms with E-state index in [0.717, 1.165) is 6.42 Å². The van der Waals surface area contributed by atoms with Crippen molar-refractivity contribution in [2.75, 3.05) is 6.61 Å². The molecule has 0 spiro atoms. The van der Waals surface area contributed by atoms with Crippen LogP contribution in [0.4, 0.5) is 5.69 Å². The number of nitro groups is 1. The Morgan fingerprint density at radius 2 is 2.12 bits per heavy atom. The minimum absolute atomic E-state index is 0.115. The molecule has 0 aliphatic carbocycles. The number of hydrazone groups is 1. The number of nitrogens with one attached hydrogen (secondary N) is 1. The molecule has 0 fully saturated rings. The van der Waals surface area contributed by atoms with Crippen molar-refractivity contribution in [1.29, 1.82) is 0 Å². The molecule has 0 saturated heterocycles. The Kier molecular flexibility index (Phi) is 6.47. The number of carbonyl (C=O) groups excluding carboxylic acids is 1. The first kappa shape index (κ1) is 18.4. The van der Waals surface area contributed by atoms with Crippen LogP contribution in [-0.4, -0.2) is 23.7 Å². The second-order valence-corrected chi connectivity index (χ2v) is 5.41. The first-order valence-electron chi connectivity index (χ1n) is 7.52. The third kappa shape index (κ3) is 5.02. The lowest BCUT2D eigenvalue weighted by Gasteiger charge is -2.09. The Bertz CT molecular complexity index is 808. The van der Waals surface area contributed by atoms with Gasteiger partial charge in [0.1, 0.15) is 5.75 Å². The van der Waals surface area contributed by atoms with Crippen LogP contribution in [0.2, 0.25) is 5.02 Å². The van der Waals surface area contributed by atoms with Crippen LogP contribution in [0.1, 0.15) is 29.3 Å². The van der Waals surface area contributed by atoms with Crippen molar-refractivity contribution in [3.05, 3.63) is 68.7 Å². The van der Waals surface area contributed by atoms with Crippen molar-refractivity contribution in [3.63, 3.8) is 0 Å². The summed E-state index contributed by atoms with van der Waals surface area (Å²) in [6.45, 7) is 2.46. The Morgan fingerprint density at radius 3 is 2.84 bits per heavy atom. The average Bonchev–Trinajstić information content (AvgIpc) is 2.61. The molecule has 2 aromatic rings.